The monoisotopic (exact) mass is 344 g/mol. The molecule has 23 heavy (non-hydrogen) atoms. The minimum atomic E-state index is -3.61. The average molecular weight is 344 g/mol. The lowest BCUT2D eigenvalue weighted by Gasteiger charge is -2.23. The fourth-order valence-electron chi connectivity index (χ4n) is 2.35. The Labute approximate surface area is 137 Å². The zero-order valence-corrected chi connectivity index (χ0v) is 14.7. The molecule has 0 radical (unpaired) electrons. The standard InChI is InChI=1S/C16H25FN2O3S/c1-4-8-13(2)18-16(20)11-7-12-19(23(3,21)22)15-10-6-5-9-14(15)17/h5-6,9-10,13H,4,7-8,11-12H2,1-3H3,(H,18,20)/t13-/m1/s1. The van der Waals surface area contributed by atoms with E-state index >= 15 is 0 Å². The molecule has 0 aliphatic heterocycles. The maximum atomic E-state index is 13.8. The fourth-order valence-corrected chi connectivity index (χ4v) is 3.32. The molecule has 130 valence electrons. The van der Waals surface area contributed by atoms with Crippen LogP contribution in [0.25, 0.3) is 0 Å². The summed E-state index contributed by atoms with van der Waals surface area (Å²) < 4.78 is 38.6. The van der Waals surface area contributed by atoms with Crippen molar-refractivity contribution in [2.45, 2.75) is 45.6 Å². The van der Waals surface area contributed by atoms with Gasteiger partial charge in [-0.1, -0.05) is 25.5 Å². The lowest BCUT2D eigenvalue weighted by Crippen LogP contribution is -2.35. The Morgan fingerprint density at radius 2 is 2.00 bits per heavy atom. The minimum Gasteiger partial charge on any atom is -0.354 e. The third-order valence-electron chi connectivity index (χ3n) is 3.42. The average Bonchev–Trinajstić information content (AvgIpc) is 2.43. The lowest BCUT2D eigenvalue weighted by atomic mass is 10.2. The quantitative estimate of drug-likeness (QED) is 0.749. The number of carbonyl (C=O) groups excluding carboxylic acids is 1. The van der Waals surface area contributed by atoms with Crippen LogP contribution in [-0.2, 0) is 14.8 Å². The molecular formula is C16H25FN2O3S. The Bertz CT molecular complexity index is 620. The number of rotatable bonds is 9. The number of amides is 1. The summed E-state index contributed by atoms with van der Waals surface area (Å²) in [6.45, 7) is 4.04. The molecule has 0 saturated carbocycles. The first-order chi connectivity index (χ1) is 10.8. The van der Waals surface area contributed by atoms with Gasteiger partial charge in [-0.3, -0.25) is 9.10 Å². The van der Waals surface area contributed by atoms with Crippen molar-refractivity contribution in [2.75, 3.05) is 17.1 Å². The smallest absolute Gasteiger partial charge is 0.232 e. The van der Waals surface area contributed by atoms with Gasteiger partial charge in [0.1, 0.15) is 5.82 Å². The molecule has 0 spiro atoms. The summed E-state index contributed by atoms with van der Waals surface area (Å²) in [4.78, 5) is 11.8. The summed E-state index contributed by atoms with van der Waals surface area (Å²) in [6, 6.07) is 5.81. The molecule has 0 saturated heterocycles. The first-order valence-electron chi connectivity index (χ1n) is 7.77. The van der Waals surface area contributed by atoms with E-state index in [0.717, 1.165) is 23.4 Å². The molecule has 0 heterocycles. The van der Waals surface area contributed by atoms with Crippen molar-refractivity contribution >= 4 is 21.6 Å². The molecular weight excluding hydrogens is 319 g/mol. The molecule has 0 aromatic heterocycles. The molecule has 5 nitrogen and oxygen atoms in total. The number of carbonyl (C=O) groups is 1. The van der Waals surface area contributed by atoms with Crippen LogP contribution in [0.1, 0.15) is 39.5 Å². The van der Waals surface area contributed by atoms with E-state index in [-0.39, 0.29) is 30.6 Å². The first kappa shape index (κ1) is 19.4. The van der Waals surface area contributed by atoms with Crippen molar-refractivity contribution in [3.05, 3.63) is 30.1 Å². The fraction of sp³-hybridized carbons (Fsp3) is 0.562. The highest BCUT2D eigenvalue weighted by Crippen LogP contribution is 2.21. The predicted molar refractivity (Wildman–Crippen MR) is 90.3 cm³/mol. The van der Waals surface area contributed by atoms with E-state index in [1.165, 1.54) is 18.2 Å². The molecule has 0 aliphatic carbocycles. The zero-order valence-electron chi connectivity index (χ0n) is 13.9. The van der Waals surface area contributed by atoms with Gasteiger partial charge in [0, 0.05) is 19.0 Å². The van der Waals surface area contributed by atoms with Gasteiger partial charge in [0.25, 0.3) is 0 Å². The maximum Gasteiger partial charge on any atom is 0.232 e. The number of anilines is 1. The summed E-state index contributed by atoms with van der Waals surface area (Å²) in [5, 5.41) is 2.86. The van der Waals surface area contributed by atoms with Crippen LogP contribution in [0.5, 0.6) is 0 Å². The highest BCUT2D eigenvalue weighted by atomic mass is 32.2. The molecule has 7 heteroatoms. The Hall–Kier alpha value is -1.63. The molecule has 1 aromatic carbocycles. The number of sulfonamides is 1. The Morgan fingerprint density at radius 1 is 1.35 bits per heavy atom. The van der Waals surface area contributed by atoms with E-state index in [0.29, 0.717) is 6.42 Å². The predicted octanol–water partition coefficient (Wildman–Crippen LogP) is 2.68. The zero-order chi connectivity index (χ0) is 17.5. The normalized spacial score (nSPS) is 12.7. The van der Waals surface area contributed by atoms with E-state index in [9.17, 15) is 17.6 Å². The van der Waals surface area contributed by atoms with Crippen LogP contribution in [0, 0.1) is 5.82 Å². The molecule has 0 bridgehead atoms. The molecule has 0 fully saturated rings. The van der Waals surface area contributed by atoms with E-state index < -0.39 is 15.8 Å². The Kier molecular flexibility index (Phi) is 7.48. The van der Waals surface area contributed by atoms with Crippen LogP contribution in [0.2, 0.25) is 0 Å². The maximum absolute atomic E-state index is 13.8. The summed E-state index contributed by atoms with van der Waals surface area (Å²) in [5.41, 5.74) is 0.00904. The Morgan fingerprint density at radius 3 is 2.57 bits per heavy atom. The van der Waals surface area contributed by atoms with E-state index in [2.05, 4.69) is 5.32 Å². The lowest BCUT2D eigenvalue weighted by molar-refractivity contribution is -0.121. The van der Waals surface area contributed by atoms with E-state index in [1.54, 1.807) is 6.07 Å². The van der Waals surface area contributed by atoms with Crippen LogP contribution in [0.3, 0.4) is 0 Å². The van der Waals surface area contributed by atoms with Gasteiger partial charge in [-0.25, -0.2) is 12.8 Å². The van der Waals surface area contributed by atoms with E-state index in [4.69, 9.17) is 0 Å². The number of halogens is 1. The van der Waals surface area contributed by atoms with Gasteiger partial charge in [-0.05, 0) is 31.9 Å². The number of hydrogen-bond donors (Lipinski definition) is 1. The molecule has 1 amide bonds. The molecule has 1 N–H and O–H groups in total. The third-order valence-corrected chi connectivity index (χ3v) is 4.60. The second-order valence-electron chi connectivity index (χ2n) is 5.65. The second kappa shape index (κ2) is 8.86. The van der Waals surface area contributed by atoms with Gasteiger partial charge in [-0.15, -0.1) is 0 Å². The number of nitrogens with zero attached hydrogens (tertiary/aromatic N) is 1. The Balaban J connectivity index is 2.64. The molecule has 1 atom stereocenters. The summed E-state index contributed by atoms with van der Waals surface area (Å²) in [7, 11) is -3.61. The highest BCUT2D eigenvalue weighted by molar-refractivity contribution is 7.92. The molecule has 1 aromatic rings. The van der Waals surface area contributed by atoms with Crippen molar-refractivity contribution in [3.63, 3.8) is 0 Å². The SMILES string of the molecule is CCC[C@@H](C)NC(=O)CCCN(c1ccccc1F)S(C)(=O)=O. The van der Waals surface area contributed by atoms with Crippen molar-refractivity contribution in [1.29, 1.82) is 0 Å². The van der Waals surface area contributed by atoms with Gasteiger partial charge < -0.3 is 5.32 Å². The third kappa shape index (κ3) is 6.56. The van der Waals surface area contributed by atoms with Crippen molar-refractivity contribution in [2.24, 2.45) is 0 Å². The largest absolute Gasteiger partial charge is 0.354 e. The van der Waals surface area contributed by atoms with Gasteiger partial charge in [0.05, 0.1) is 11.9 Å². The van der Waals surface area contributed by atoms with Crippen molar-refractivity contribution < 1.29 is 17.6 Å². The van der Waals surface area contributed by atoms with Crippen LogP contribution >= 0.6 is 0 Å². The van der Waals surface area contributed by atoms with Gasteiger partial charge in [0.15, 0.2) is 0 Å². The number of nitrogens with one attached hydrogen (secondary N) is 1. The number of hydrogen-bond acceptors (Lipinski definition) is 3. The number of benzene rings is 1. The minimum absolute atomic E-state index is 0.00904. The van der Waals surface area contributed by atoms with Crippen molar-refractivity contribution in [1.82, 2.24) is 5.32 Å². The first-order valence-corrected chi connectivity index (χ1v) is 9.62. The summed E-state index contributed by atoms with van der Waals surface area (Å²) >= 11 is 0. The van der Waals surface area contributed by atoms with Crippen LogP contribution < -0.4 is 9.62 Å². The van der Waals surface area contributed by atoms with Gasteiger partial charge >= 0.3 is 0 Å². The molecule has 0 aliphatic rings. The van der Waals surface area contributed by atoms with Gasteiger partial charge in [0.2, 0.25) is 15.9 Å². The molecule has 1 rings (SSSR count). The summed E-state index contributed by atoms with van der Waals surface area (Å²) in [6.07, 6.45) is 3.44. The van der Waals surface area contributed by atoms with Crippen LogP contribution in [0.4, 0.5) is 10.1 Å². The van der Waals surface area contributed by atoms with Crippen LogP contribution in [0.15, 0.2) is 24.3 Å². The number of para-hydroxylation sites is 1. The van der Waals surface area contributed by atoms with E-state index in [1.807, 2.05) is 13.8 Å². The van der Waals surface area contributed by atoms with Crippen molar-refractivity contribution in [3.8, 4) is 0 Å². The highest BCUT2D eigenvalue weighted by Gasteiger charge is 2.20. The second-order valence-corrected chi connectivity index (χ2v) is 7.55. The summed E-state index contributed by atoms with van der Waals surface area (Å²) in [5.74, 6) is -0.716. The molecule has 0 unspecified atom stereocenters. The van der Waals surface area contributed by atoms with Gasteiger partial charge in [-0.2, -0.15) is 0 Å². The van der Waals surface area contributed by atoms with Crippen LogP contribution in [-0.4, -0.2) is 33.2 Å². The topological polar surface area (TPSA) is 66.5 Å².